The Bertz CT molecular complexity index is 619. The van der Waals surface area contributed by atoms with E-state index in [4.69, 9.17) is 0 Å². The fourth-order valence-corrected chi connectivity index (χ4v) is 2.62. The summed E-state index contributed by atoms with van der Waals surface area (Å²) in [5.41, 5.74) is 5.05. The Hall–Kier alpha value is -1.88. The van der Waals surface area contributed by atoms with Crippen LogP contribution in [0.25, 0.3) is 0 Å². The first-order valence-corrected chi connectivity index (χ1v) is 7.98. The second-order valence-electron chi connectivity index (χ2n) is 7.29. The van der Waals surface area contributed by atoms with Crippen LogP contribution >= 0.6 is 0 Å². The van der Waals surface area contributed by atoms with Gasteiger partial charge in [-0.15, -0.1) is 0 Å². The van der Waals surface area contributed by atoms with E-state index in [0.29, 0.717) is 0 Å². The minimum Gasteiger partial charge on any atom is -0.322 e. The molecule has 1 heterocycles. The normalized spacial score (nSPS) is 18.5. The number of para-hydroxylation sites is 1. The summed E-state index contributed by atoms with van der Waals surface area (Å²) in [4.78, 5) is 12.5. The van der Waals surface area contributed by atoms with Crippen molar-refractivity contribution in [1.82, 2.24) is 10.4 Å². The summed E-state index contributed by atoms with van der Waals surface area (Å²) >= 11 is 0. The molecule has 0 saturated heterocycles. The van der Waals surface area contributed by atoms with E-state index in [1.165, 1.54) is 5.01 Å². The lowest BCUT2D eigenvalue weighted by atomic mass is 9.88. The highest BCUT2D eigenvalue weighted by atomic mass is 19.1. The fourth-order valence-electron chi connectivity index (χ4n) is 2.62. The van der Waals surface area contributed by atoms with Crippen LogP contribution < -0.4 is 10.7 Å². The van der Waals surface area contributed by atoms with E-state index in [1.54, 1.807) is 14.0 Å². The van der Waals surface area contributed by atoms with Crippen LogP contribution in [0.3, 0.4) is 0 Å². The van der Waals surface area contributed by atoms with Gasteiger partial charge in [0.25, 0.3) is 5.91 Å². The lowest BCUT2D eigenvalue weighted by molar-refractivity contribution is -0.113. The summed E-state index contributed by atoms with van der Waals surface area (Å²) in [5, 5.41) is 4.11. The Labute approximate surface area is 137 Å². The van der Waals surface area contributed by atoms with E-state index in [1.807, 2.05) is 24.3 Å². The molecule has 2 N–H and O–H groups in total. The van der Waals surface area contributed by atoms with Crippen LogP contribution in [0.2, 0.25) is 0 Å². The highest BCUT2D eigenvalue weighted by molar-refractivity contribution is 6.05. The van der Waals surface area contributed by atoms with Crippen molar-refractivity contribution in [1.29, 1.82) is 0 Å². The average Bonchev–Trinajstić information content (AvgIpc) is 2.70. The van der Waals surface area contributed by atoms with E-state index in [2.05, 4.69) is 31.5 Å². The Morgan fingerprint density at radius 2 is 2.00 bits per heavy atom. The lowest BCUT2D eigenvalue weighted by Gasteiger charge is -2.19. The number of benzene rings is 1. The summed E-state index contributed by atoms with van der Waals surface area (Å²) in [6.07, 6.45) is 1.88. The number of carbonyl (C=O) groups is 1. The number of amides is 1. The molecule has 0 fully saturated rings. The molecule has 2 rings (SSSR count). The number of aryl methyl sites for hydroxylation is 1. The summed E-state index contributed by atoms with van der Waals surface area (Å²) in [6.45, 7) is 8.34. The van der Waals surface area contributed by atoms with Gasteiger partial charge in [0.15, 0.2) is 0 Å². The van der Waals surface area contributed by atoms with Gasteiger partial charge in [0.05, 0.1) is 11.6 Å². The van der Waals surface area contributed by atoms with Crippen molar-refractivity contribution in [2.45, 2.75) is 46.6 Å². The second-order valence-corrected chi connectivity index (χ2v) is 7.29. The number of rotatable bonds is 4. The van der Waals surface area contributed by atoms with Crippen LogP contribution in [-0.4, -0.2) is 24.0 Å². The third kappa shape index (κ3) is 4.32. The molecule has 0 aromatic heterocycles. The monoisotopic (exact) mass is 319 g/mol. The number of nitrogens with zero attached hydrogens (tertiary/aromatic N) is 1. The Kier molecular flexibility index (Phi) is 5.09. The smallest absolute Gasteiger partial charge is 0.257 e. The predicted molar refractivity (Wildman–Crippen MR) is 91.3 cm³/mol. The van der Waals surface area contributed by atoms with E-state index in [-0.39, 0.29) is 17.0 Å². The molecule has 0 bridgehead atoms. The van der Waals surface area contributed by atoms with Crippen LogP contribution in [-0.2, 0) is 11.2 Å². The lowest BCUT2D eigenvalue weighted by Crippen LogP contribution is -2.33. The van der Waals surface area contributed by atoms with Crippen molar-refractivity contribution in [3.8, 4) is 0 Å². The van der Waals surface area contributed by atoms with Gasteiger partial charge in [-0.2, -0.15) is 4.39 Å². The van der Waals surface area contributed by atoms with E-state index >= 15 is 0 Å². The van der Waals surface area contributed by atoms with Gasteiger partial charge in [0.2, 0.25) is 5.95 Å². The summed E-state index contributed by atoms with van der Waals surface area (Å²) in [6, 6.07) is 7.37. The van der Waals surface area contributed by atoms with Crippen LogP contribution in [0.1, 0.15) is 39.7 Å². The first kappa shape index (κ1) is 17.5. The van der Waals surface area contributed by atoms with Crippen molar-refractivity contribution >= 4 is 11.6 Å². The van der Waals surface area contributed by atoms with Gasteiger partial charge in [-0.05, 0) is 36.8 Å². The number of hydrazine groups is 1. The van der Waals surface area contributed by atoms with Crippen LogP contribution in [0, 0.1) is 5.41 Å². The average molecular weight is 319 g/mol. The van der Waals surface area contributed by atoms with Gasteiger partial charge in [-0.1, -0.05) is 39.0 Å². The SMILES string of the molecule is CC1NN(C)C(F)=C1C(=O)Nc1ccccc1CCC(C)(C)C. The maximum absolute atomic E-state index is 14.1. The molecule has 0 radical (unpaired) electrons. The van der Waals surface area contributed by atoms with Crippen molar-refractivity contribution < 1.29 is 9.18 Å². The highest BCUT2D eigenvalue weighted by Crippen LogP contribution is 2.26. The summed E-state index contributed by atoms with van der Waals surface area (Å²) in [5.74, 6) is -0.919. The first-order chi connectivity index (χ1) is 10.7. The van der Waals surface area contributed by atoms with Gasteiger partial charge >= 0.3 is 0 Å². The third-order valence-electron chi connectivity index (χ3n) is 3.99. The number of hydrogen-bond acceptors (Lipinski definition) is 3. The molecule has 5 heteroatoms. The molecule has 1 aliphatic heterocycles. The Morgan fingerprint density at radius 1 is 1.35 bits per heavy atom. The zero-order chi connectivity index (χ0) is 17.2. The fraction of sp³-hybridized carbons (Fsp3) is 0.500. The molecule has 1 unspecified atom stereocenters. The van der Waals surface area contributed by atoms with Gasteiger partial charge in [0, 0.05) is 12.7 Å². The van der Waals surface area contributed by atoms with E-state index in [0.717, 1.165) is 24.1 Å². The number of halogens is 1. The molecule has 4 nitrogen and oxygen atoms in total. The number of hydrogen-bond donors (Lipinski definition) is 2. The molecule has 0 aliphatic carbocycles. The van der Waals surface area contributed by atoms with Gasteiger partial charge in [0.1, 0.15) is 0 Å². The van der Waals surface area contributed by atoms with Crippen molar-refractivity contribution in [3.63, 3.8) is 0 Å². The maximum atomic E-state index is 14.1. The molecular formula is C18H26FN3O. The minimum atomic E-state index is -0.526. The molecule has 1 aliphatic rings. The van der Waals surface area contributed by atoms with Crippen LogP contribution in [0.5, 0.6) is 0 Å². The zero-order valence-electron chi connectivity index (χ0n) is 14.5. The van der Waals surface area contributed by atoms with Gasteiger partial charge in [-0.25, -0.2) is 5.43 Å². The topological polar surface area (TPSA) is 44.4 Å². The molecule has 1 aromatic carbocycles. The summed E-state index contributed by atoms with van der Waals surface area (Å²) < 4.78 is 14.1. The molecular weight excluding hydrogens is 293 g/mol. The highest BCUT2D eigenvalue weighted by Gasteiger charge is 2.31. The zero-order valence-corrected chi connectivity index (χ0v) is 14.5. The molecule has 1 aromatic rings. The second kappa shape index (κ2) is 6.71. The van der Waals surface area contributed by atoms with Crippen molar-refractivity contribution in [3.05, 3.63) is 41.4 Å². The number of anilines is 1. The standard InChI is InChI=1S/C18H26FN3O/c1-12-15(16(19)22(5)21-12)17(23)20-14-9-7-6-8-13(14)10-11-18(2,3)4/h6-9,12,21H,10-11H2,1-5H3,(H,20,23). The largest absolute Gasteiger partial charge is 0.322 e. The molecule has 0 saturated carbocycles. The minimum absolute atomic E-state index is 0.137. The Balaban J connectivity index is 2.16. The van der Waals surface area contributed by atoms with Gasteiger partial charge < -0.3 is 5.32 Å². The predicted octanol–water partition coefficient (Wildman–Crippen LogP) is 3.62. The van der Waals surface area contributed by atoms with E-state index in [9.17, 15) is 9.18 Å². The number of carbonyl (C=O) groups excluding carboxylic acids is 1. The third-order valence-corrected chi connectivity index (χ3v) is 3.99. The maximum Gasteiger partial charge on any atom is 0.257 e. The molecule has 23 heavy (non-hydrogen) atoms. The molecule has 0 spiro atoms. The van der Waals surface area contributed by atoms with Crippen LogP contribution in [0.15, 0.2) is 35.8 Å². The summed E-state index contributed by atoms with van der Waals surface area (Å²) in [7, 11) is 1.56. The van der Waals surface area contributed by atoms with Crippen LogP contribution in [0.4, 0.5) is 10.1 Å². The van der Waals surface area contributed by atoms with Crippen molar-refractivity contribution in [2.24, 2.45) is 5.41 Å². The quantitative estimate of drug-likeness (QED) is 0.833. The molecule has 1 amide bonds. The van der Waals surface area contributed by atoms with Gasteiger partial charge in [-0.3, -0.25) is 9.80 Å². The number of nitrogens with one attached hydrogen (secondary N) is 2. The van der Waals surface area contributed by atoms with Crippen molar-refractivity contribution in [2.75, 3.05) is 12.4 Å². The molecule has 1 atom stereocenters. The first-order valence-electron chi connectivity index (χ1n) is 7.98. The Morgan fingerprint density at radius 3 is 2.57 bits per heavy atom. The molecule has 126 valence electrons. The van der Waals surface area contributed by atoms with E-state index < -0.39 is 11.9 Å².